The van der Waals surface area contributed by atoms with E-state index >= 15 is 0 Å². The minimum atomic E-state index is -0.278. The molecule has 1 amide bonds. The molecule has 0 saturated heterocycles. The molecule has 0 spiro atoms. The molecule has 26 heavy (non-hydrogen) atoms. The standard InChI is InChI=1S/C22H18FNO2/c1-24(13-15-6-9-18(23)10-7-15)21(25)12-17-14-26-20-11-8-16-4-2-3-5-19(16)22(17)20/h2-11,14H,12-13H2,1H3. The van der Waals surface area contributed by atoms with Crippen LogP contribution in [0.25, 0.3) is 21.7 Å². The van der Waals surface area contributed by atoms with Crippen molar-refractivity contribution in [2.75, 3.05) is 7.05 Å². The summed E-state index contributed by atoms with van der Waals surface area (Å²) in [5.41, 5.74) is 2.56. The molecular weight excluding hydrogens is 329 g/mol. The first-order chi connectivity index (χ1) is 12.6. The van der Waals surface area contributed by atoms with Gasteiger partial charge in [-0.05, 0) is 34.5 Å². The van der Waals surface area contributed by atoms with Gasteiger partial charge in [0.15, 0.2) is 0 Å². The van der Waals surface area contributed by atoms with Crippen LogP contribution in [0.4, 0.5) is 4.39 Å². The number of hydrogen-bond acceptors (Lipinski definition) is 2. The van der Waals surface area contributed by atoms with Crippen LogP contribution in [-0.4, -0.2) is 17.9 Å². The molecule has 0 aliphatic heterocycles. The van der Waals surface area contributed by atoms with Gasteiger partial charge in [-0.25, -0.2) is 4.39 Å². The van der Waals surface area contributed by atoms with Crippen molar-refractivity contribution in [2.45, 2.75) is 13.0 Å². The molecule has 3 nitrogen and oxygen atoms in total. The number of carbonyl (C=O) groups is 1. The maximum absolute atomic E-state index is 13.0. The fourth-order valence-corrected chi connectivity index (χ4v) is 3.25. The van der Waals surface area contributed by atoms with Crippen LogP contribution < -0.4 is 0 Å². The molecule has 0 radical (unpaired) electrons. The van der Waals surface area contributed by atoms with E-state index in [9.17, 15) is 9.18 Å². The molecule has 0 saturated carbocycles. The summed E-state index contributed by atoms with van der Waals surface area (Å²) < 4.78 is 18.7. The first kappa shape index (κ1) is 16.3. The third kappa shape index (κ3) is 3.06. The van der Waals surface area contributed by atoms with Crippen molar-refractivity contribution in [1.82, 2.24) is 4.90 Å². The molecule has 4 heteroatoms. The number of halogens is 1. The number of furan rings is 1. The maximum atomic E-state index is 13.0. The topological polar surface area (TPSA) is 33.5 Å². The molecule has 1 heterocycles. The highest BCUT2D eigenvalue weighted by Gasteiger charge is 2.16. The van der Waals surface area contributed by atoms with Gasteiger partial charge >= 0.3 is 0 Å². The molecule has 4 rings (SSSR count). The predicted molar refractivity (Wildman–Crippen MR) is 100 cm³/mol. The minimum Gasteiger partial charge on any atom is -0.464 e. The zero-order valence-electron chi connectivity index (χ0n) is 14.4. The quantitative estimate of drug-likeness (QED) is 0.525. The van der Waals surface area contributed by atoms with Crippen molar-refractivity contribution in [2.24, 2.45) is 0 Å². The first-order valence-electron chi connectivity index (χ1n) is 8.48. The Balaban J connectivity index is 1.59. The van der Waals surface area contributed by atoms with Crippen LogP contribution in [0.5, 0.6) is 0 Å². The monoisotopic (exact) mass is 347 g/mol. The lowest BCUT2D eigenvalue weighted by molar-refractivity contribution is -0.129. The number of amides is 1. The highest BCUT2D eigenvalue weighted by molar-refractivity contribution is 6.08. The fraction of sp³-hybridized carbons (Fsp3) is 0.136. The number of carbonyl (C=O) groups excluding carboxylic acids is 1. The van der Waals surface area contributed by atoms with E-state index in [0.29, 0.717) is 6.54 Å². The van der Waals surface area contributed by atoms with Gasteiger partial charge in [0.1, 0.15) is 11.4 Å². The summed E-state index contributed by atoms with van der Waals surface area (Å²) in [7, 11) is 1.76. The summed E-state index contributed by atoms with van der Waals surface area (Å²) in [5.74, 6) is -0.288. The Morgan fingerprint density at radius 1 is 1.04 bits per heavy atom. The number of benzene rings is 3. The molecule has 130 valence electrons. The highest BCUT2D eigenvalue weighted by atomic mass is 19.1. The van der Waals surface area contributed by atoms with E-state index in [2.05, 4.69) is 0 Å². The number of rotatable bonds is 4. The van der Waals surface area contributed by atoms with Gasteiger partial charge in [-0.15, -0.1) is 0 Å². The average Bonchev–Trinajstić information content (AvgIpc) is 3.07. The smallest absolute Gasteiger partial charge is 0.227 e. The third-order valence-corrected chi connectivity index (χ3v) is 4.64. The fourth-order valence-electron chi connectivity index (χ4n) is 3.25. The van der Waals surface area contributed by atoms with E-state index in [0.717, 1.165) is 32.9 Å². The van der Waals surface area contributed by atoms with Crippen molar-refractivity contribution < 1.29 is 13.6 Å². The summed E-state index contributed by atoms with van der Waals surface area (Å²) >= 11 is 0. The van der Waals surface area contributed by atoms with Crippen molar-refractivity contribution in [1.29, 1.82) is 0 Å². The van der Waals surface area contributed by atoms with E-state index in [1.165, 1.54) is 12.1 Å². The van der Waals surface area contributed by atoms with Crippen LogP contribution >= 0.6 is 0 Å². The van der Waals surface area contributed by atoms with Gasteiger partial charge in [-0.1, -0.05) is 42.5 Å². The summed E-state index contributed by atoms with van der Waals surface area (Å²) in [5, 5.41) is 3.20. The third-order valence-electron chi connectivity index (χ3n) is 4.64. The second-order valence-corrected chi connectivity index (χ2v) is 6.47. The predicted octanol–water partition coefficient (Wildman–Crippen LogP) is 4.93. The van der Waals surface area contributed by atoms with Crippen LogP contribution in [0.1, 0.15) is 11.1 Å². The maximum Gasteiger partial charge on any atom is 0.227 e. The Hall–Kier alpha value is -3.14. The molecule has 3 aromatic carbocycles. The van der Waals surface area contributed by atoms with E-state index in [1.807, 2.05) is 36.4 Å². The number of hydrogen-bond donors (Lipinski definition) is 0. The van der Waals surface area contributed by atoms with E-state index in [1.54, 1.807) is 30.3 Å². The zero-order valence-corrected chi connectivity index (χ0v) is 14.4. The van der Waals surface area contributed by atoms with E-state index < -0.39 is 0 Å². The summed E-state index contributed by atoms with van der Waals surface area (Å²) in [6.07, 6.45) is 1.93. The second kappa shape index (κ2) is 6.64. The van der Waals surface area contributed by atoms with Gasteiger partial charge in [0.25, 0.3) is 0 Å². The molecule has 0 atom stereocenters. The highest BCUT2D eigenvalue weighted by Crippen LogP contribution is 2.30. The lowest BCUT2D eigenvalue weighted by Crippen LogP contribution is -2.27. The molecule has 1 aromatic heterocycles. The summed E-state index contributed by atoms with van der Waals surface area (Å²) in [6.45, 7) is 0.440. The Morgan fingerprint density at radius 3 is 2.62 bits per heavy atom. The van der Waals surface area contributed by atoms with Gasteiger partial charge in [-0.2, -0.15) is 0 Å². The van der Waals surface area contributed by atoms with Crippen molar-refractivity contribution >= 4 is 27.6 Å². The molecule has 0 unspecified atom stereocenters. The van der Waals surface area contributed by atoms with Gasteiger partial charge in [0, 0.05) is 24.5 Å². The molecule has 0 fully saturated rings. The average molecular weight is 347 g/mol. The number of likely N-dealkylation sites (N-methyl/N-ethyl adjacent to an activating group) is 1. The largest absolute Gasteiger partial charge is 0.464 e. The normalized spacial score (nSPS) is 11.2. The second-order valence-electron chi connectivity index (χ2n) is 6.47. The molecule has 0 bridgehead atoms. The summed E-state index contributed by atoms with van der Waals surface area (Å²) in [4.78, 5) is 14.3. The minimum absolute atomic E-state index is 0.00930. The van der Waals surface area contributed by atoms with Crippen LogP contribution in [-0.2, 0) is 17.8 Å². The van der Waals surface area contributed by atoms with Crippen LogP contribution in [0.2, 0.25) is 0 Å². The van der Waals surface area contributed by atoms with Crippen LogP contribution in [0.3, 0.4) is 0 Å². The number of nitrogens with zero attached hydrogens (tertiary/aromatic N) is 1. The van der Waals surface area contributed by atoms with E-state index in [4.69, 9.17) is 4.42 Å². The van der Waals surface area contributed by atoms with Crippen LogP contribution in [0, 0.1) is 5.82 Å². The van der Waals surface area contributed by atoms with Gasteiger partial charge in [0.2, 0.25) is 5.91 Å². The summed E-state index contributed by atoms with van der Waals surface area (Å²) in [6, 6.07) is 18.2. The van der Waals surface area contributed by atoms with Crippen molar-refractivity contribution in [3.05, 3.63) is 83.9 Å². The molecule has 4 aromatic rings. The van der Waals surface area contributed by atoms with E-state index in [-0.39, 0.29) is 18.1 Å². The lowest BCUT2D eigenvalue weighted by atomic mass is 10.0. The first-order valence-corrected chi connectivity index (χ1v) is 8.48. The molecule has 0 aliphatic carbocycles. The Kier molecular flexibility index (Phi) is 4.17. The van der Waals surface area contributed by atoms with Crippen molar-refractivity contribution in [3.63, 3.8) is 0 Å². The molecule has 0 aliphatic rings. The Morgan fingerprint density at radius 2 is 1.81 bits per heavy atom. The van der Waals surface area contributed by atoms with Gasteiger partial charge < -0.3 is 9.32 Å². The Bertz CT molecular complexity index is 1080. The lowest BCUT2D eigenvalue weighted by Gasteiger charge is -2.17. The zero-order chi connectivity index (χ0) is 18.1. The van der Waals surface area contributed by atoms with Crippen molar-refractivity contribution in [3.8, 4) is 0 Å². The molecular formula is C22H18FNO2. The van der Waals surface area contributed by atoms with Gasteiger partial charge in [-0.3, -0.25) is 4.79 Å². The van der Waals surface area contributed by atoms with Crippen LogP contribution in [0.15, 0.2) is 71.3 Å². The SMILES string of the molecule is CN(Cc1ccc(F)cc1)C(=O)Cc1coc2ccc3ccccc3c12. The molecule has 0 N–H and O–H groups in total. The number of fused-ring (bicyclic) bond motifs is 3. The Labute approximate surface area is 150 Å². The van der Waals surface area contributed by atoms with Gasteiger partial charge in [0.05, 0.1) is 12.7 Å².